The van der Waals surface area contributed by atoms with Gasteiger partial charge < -0.3 is 10.1 Å². The van der Waals surface area contributed by atoms with Gasteiger partial charge in [-0.05, 0) is 26.3 Å². The average molecular weight is 276 g/mol. The Morgan fingerprint density at radius 3 is 2.90 bits per heavy atom. The zero-order valence-corrected chi connectivity index (χ0v) is 13.3. The summed E-state index contributed by atoms with van der Waals surface area (Å²) < 4.78 is 5.51. The van der Waals surface area contributed by atoms with Crippen LogP contribution < -0.4 is 10.1 Å². The van der Waals surface area contributed by atoms with Crippen LogP contribution in [0.2, 0.25) is 0 Å². The number of methoxy groups -OCH3 is 1. The van der Waals surface area contributed by atoms with Gasteiger partial charge in [0.25, 0.3) is 0 Å². The summed E-state index contributed by atoms with van der Waals surface area (Å²) in [6, 6.07) is 7.66. The van der Waals surface area contributed by atoms with Gasteiger partial charge in [0, 0.05) is 37.3 Å². The molecule has 2 rings (SSSR count). The van der Waals surface area contributed by atoms with Crippen molar-refractivity contribution in [3.8, 4) is 5.75 Å². The Morgan fingerprint density at radius 1 is 1.40 bits per heavy atom. The lowest BCUT2D eigenvalue weighted by molar-refractivity contribution is 0.128. The monoisotopic (exact) mass is 276 g/mol. The molecule has 0 aliphatic carbocycles. The lowest BCUT2D eigenvalue weighted by Crippen LogP contribution is -2.54. The Labute approximate surface area is 123 Å². The zero-order valence-electron chi connectivity index (χ0n) is 13.3. The topological polar surface area (TPSA) is 24.5 Å². The summed E-state index contributed by atoms with van der Waals surface area (Å²) >= 11 is 0. The molecule has 1 aromatic carbocycles. The molecule has 0 saturated carbocycles. The van der Waals surface area contributed by atoms with Crippen LogP contribution in [-0.4, -0.2) is 37.2 Å². The molecule has 0 aromatic heterocycles. The molecule has 0 bridgehead atoms. The summed E-state index contributed by atoms with van der Waals surface area (Å²) in [4.78, 5) is 2.58. The van der Waals surface area contributed by atoms with Gasteiger partial charge in [-0.2, -0.15) is 0 Å². The van der Waals surface area contributed by atoms with Gasteiger partial charge in [-0.3, -0.25) is 4.90 Å². The summed E-state index contributed by atoms with van der Waals surface area (Å²) in [5.41, 5.74) is 2.60. The molecule has 0 radical (unpaired) electrons. The van der Waals surface area contributed by atoms with Gasteiger partial charge in [-0.15, -0.1) is 0 Å². The second-order valence-electron chi connectivity index (χ2n) is 5.99. The largest absolute Gasteiger partial charge is 0.496 e. The molecule has 20 heavy (non-hydrogen) atoms. The first-order valence-corrected chi connectivity index (χ1v) is 7.75. The smallest absolute Gasteiger partial charge is 0.123 e. The molecular weight excluding hydrogens is 248 g/mol. The number of ether oxygens (including phenoxy) is 1. The third-order valence-corrected chi connectivity index (χ3v) is 4.23. The molecule has 1 saturated heterocycles. The van der Waals surface area contributed by atoms with Crippen LogP contribution in [0.3, 0.4) is 0 Å². The summed E-state index contributed by atoms with van der Waals surface area (Å²) in [5, 5.41) is 3.65. The van der Waals surface area contributed by atoms with Crippen molar-refractivity contribution in [3.63, 3.8) is 0 Å². The highest BCUT2D eigenvalue weighted by atomic mass is 16.5. The van der Waals surface area contributed by atoms with Gasteiger partial charge in [0.2, 0.25) is 0 Å². The maximum absolute atomic E-state index is 5.51. The molecule has 3 heteroatoms. The van der Waals surface area contributed by atoms with Crippen LogP contribution in [0.25, 0.3) is 0 Å². The molecule has 1 fully saturated rings. The first kappa shape index (κ1) is 15.3. The zero-order chi connectivity index (χ0) is 14.5. The molecule has 1 aliphatic rings. The van der Waals surface area contributed by atoms with E-state index in [0.29, 0.717) is 12.1 Å². The Hall–Kier alpha value is -1.06. The van der Waals surface area contributed by atoms with Gasteiger partial charge in [-0.25, -0.2) is 0 Å². The molecule has 1 aromatic rings. The van der Waals surface area contributed by atoms with Crippen LogP contribution in [0, 0.1) is 6.92 Å². The minimum absolute atomic E-state index is 0.577. The number of nitrogens with one attached hydrogen (secondary N) is 1. The second-order valence-corrected chi connectivity index (χ2v) is 5.99. The number of hydrogen-bond donors (Lipinski definition) is 1. The highest BCUT2D eigenvalue weighted by Crippen LogP contribution is 2.23. The van der Waals surface area contributed by atoms with Crippen molar-refractivity contribution in [1.29, 1.82) is 0 Å². The summed E-state index contributed by atoms with van der Waals surface area (Å²) in [6.45, 7) is 9.90. The van der Waals surface area contributed by atoms with Gasteiger partial charge in [-0.1, -0.05) is 31.0 Å². The van der Waals surface area contributed by atoms with E-state index in [1.165, 1.54) is 24.0 Å². The van der Waals surface area contributed by atoms with Gasteiger partial charge in [0.15, 0.2) is 0 Å². The molecule has 2 atom stereocenters. The third kappa shape index (κ3) is 3.74. The predicted molar refractivity (Wildman–Crippen MR) is 84.3 cm³/mol. The molecule has 1 aliphatic heterocycles. The number of nitrogens with zero attached hydrogens (tertiary/aromatic N) is 1. The maximum atomic E-state index is 5.51. The second kappa shape index (κ2) is 7.09. The van der Waals surface area contributed by atoms with E-state index in [2.05, 4.69) is 49.2 Å². The van der Waals surface area contributed by atoms with E-state index in [0.717, 1.165) is 25.4 Å². The molecule has 3 nitrogen and oxygen atoms in total. The van der Waals surface area contributed by atoms with E-state index in [9.17, 15) is 0 Å². The molecular formula is C17H28N2O. The Balaban J connectivity index is 2.09. The minimum atomic E-state index is 0.577. The van der Waals surface area contributed by atoms with Crippen LogP contribution in [0.4, 0.5) is 0 Å². The van der Waals surface area contributed by atoms with Crippen LogP contribution >= 0.6 is 0 Å². The van der Waals surface area contributed by atoms with Crippen LogP contribution in [0.5, 0.6) is 5.75 Å². The Morgan fingerprint density at radius 2 is 2.20 bits per heavy atom. The molecule has 1 heterocycles. The van der Waals surface area contributed by atoms with Crippen LogP contribution in [0.1, 0.15) is 37.8 Å². The lowest BCUT2D eigenvalue weighted by atomic mass is 10.0. The van der Waals surface area contributed by atoms with Crippen LogP contribution in [0.15, 0.2) is 18.2 Å². The van der Waals surface area contributed by atoms with E-state index < -0.39 is 0 Å². The van der Waals surface area contributed by atoms with E-state index in [1.54, 1.807) is 7.11 Å². The standard InChI is InChI=1S/C17H28N2O/c1-5-6-16-12-19(14(3)10-18-16)11-15-9-13(2)7-8-17(15)20-4/h7-9,14,16,18H,5-6,10-12H2,1-4H3. The highest BCUT2D eigenvalue weighted by molar-refractivity contribution is 5.36. The van der Waals surface area contributed by atoms with E-state index in [4.69, 9.17) is 4.74 Å². The maximum Gasteiger partial charge on any atom is 0.123 e. The third-order valence-electron chi connectivity index (χ3n) is 4.23. The van der Waals surface area contributed by atoms with Crippen molar-refractivity contribution < 1.29 is 4.74 Å². The molecule has 112 valence electrons. The molecule has 2 unspecified atom stereocenters. The van der Waals surface area contributed by atoms with Crippen molar-refractivity contribution in [1.82, 2.24) is 10.2 Å². The average Bonchev–Trinajstić information content (AvgIpc) is 2.43. The van der Waals surface area contributed by atoms with Crippen molar-refractivity contribution >= 4 is 0 Å². The molecule has 0 amide bonds. The SMILES string of the molecule is CCCC1CN(Cc2cc(C)ccc2OC)C(C)CN1. The lowest BCUT2D eigenvalue weighted by Gasteiger charge is -2.39. The highest BCUT2D eigenvalue weighted by Gasteiger charge is 2.25. The number of aryl methyl sites for hydroxylation is 1. The fourth-order valence-electron chi connectivity index (χ4n) is 3.01. The number of piperazine rings is 1. The fourth-order valence-corrected chi connectivity index (χ4v) is 3.01. The van der Waals surface area contributed by atoms with Gasteiger partial charge in [0.05, 0.1) is 7.11 Å². The number of benzene rings is 1. The van der Waals surface area contributed by atoms with Gasteiger partial charge >= 0.3 is 0 Å². The van der Waals surface area contributed by atoms with Crippen molar-refractivity contribution in [2.45, 2.75) is 52.2 Å². The number of hydrogen-bond acceptors (Lipinski definition) is 3. The quantitative estimate of drug-likeness (QED) is 0.895. The van der Waals surface area contributed by atoms with Gasteiger partial charge in [0.1, 0.15) is 5.75 Å². The van der Waals surface area contributed by atoms with Crippen molar-refractivity contribution in [2.75, 3.05) is 20.2 Å². The number of rotatable bonds is 5. The van der Waals surface area contributed by atoms with Crippen molar-refractivity contribution in [3.05, 3.63) is 29.3 Å². The Kier molecular flexibility index (Phi) is 5.44. The summed E-state index contributed by atoms with van der Waals surface area (Å²) in [5.74, 6) is 1.01. The molecule has 0 spiro atoms. The normalized spacial score (nSPS) is 23.8. The van der Waals surface area contributed by atoms with Crippen LogP contribution in [-0.2, 0) is 6.54 Å². The minimum Gasteiger partial charge on any atom is -0.496 e. The van der Waals surface area contributed by atoms with E-state index >= 15 is 0 Å². The Bertz CT molecular complexity index is 433. The predicted octanol–water partition coefficient (Wildman–Crippen LogP) is 2.97. The first-order valence-electron chi connectivity index (χ1n) is 7.75. The fraction of sp³-hybridized carbons (Fsp3) is 0.647. The summed E-state index contributed by atoms with van der Waals surface area (Å²) in [6.07, 6.45) is 2.50. The van der Waals surface area contributed by atoms with E-state index in [1.807, 2.05) is 0 Å². The van der Waals surface area contributed by atoms with Crippen molar-refractivity contribution in [2.24, 2.45) is 0 Å². The summed E-state index contributed by atoms with van der Waals surface area (Å²) in [7, 11) is 1.76. The molecule has 1 N–H and O–H groups in total. The first-order chi connectivity index (χ1) is 9.63. The van der Waals surface area contributed by atoms with E-state index in [-0.39, 0.29) is 0 Å².